The van der Waals surface area contributed by atoms with E-state index >= 15 is 0 Å². The second-order valence-corrected chi connectivity index (χ2v) is 5.54. The van der Waals surface area contributed by atoms with Crippen LogP contribution in [0.3, 0.4) is 0 Å². The van der Waals surface area contributed by atoms with E-state index in [9.17, 15) is 0 Å². The Morgan fingerprint density at radius 2 is 1.94 bits per heavy atom. The van der Waals surface area contributed by atoms with Crippen molar-refractivity contribution in [1.82, 2.24) is 4.98 Å². The minimum atomic E-state index is 0.593. The van der Waals surface area contributed by atoms with Crippen LogP contribution in [0.5, 0.6) is 0 Å². The molecule has 2 aromatic rings. The maximum absolute atomic E-state index is 4.10. The largest absolute Gasteiger partial charge is 0.369 e. The molecule has 0 N–H and O–H groups in total. The predicted octanol–water partition coefficient (Wildman–Crippen LogP) is 3.90. The lowest BCUT2D eigenvalue weighted by atomic mass is 10.0. The normalized spacial score (nSPS) is 10.8. The maximum Gasteiger partial charge on any atom is 0.0794 e. The molecule has 0 aliphatic heterocycles. The topological polar surface area (TPSA) is 16.1 Å². The van der Waals surface area contributed by atoms with E-state index in [0.29, 0.717) is 5.92 Å². The van der Waals surface area contributed by atoms with E-state index in [0.717, 1.165) is 6.54 Å². The zero-order valence-electron chi connectivity index (χ0n) is 10.6. The van der Waals surface area contributed by atoms with Gasteiger partial charge in [0, 0.05) is 23.8 Å². The number of thiazole rings is 1. The fourth-order valence-corrected chi connectivity index (χ4v) is 2.41. The van der Waals surface area contributed by atoms with Gasteiger partial charge >= 0.3 is 0 Å². The lowest BCUT2D eigenvalue weighted by molar-refractivity contribution is 0.864. The molecule has 0 bridgehead atoms. The number of hydrogen-bond acceptors (Lipinski definition) is 3. The van der Waals surface area contributed by atoms with Gasteiger partial charge in [-0.1, -0.05) is 26.0 Å². The minimum absolute atomic E-state index is 0.593. The number of benzene rings is 1. The van der Waals surface area contributed by atoms with Crippen molar-refractivity contribution < 1.29 is 0 Å². The molecule has 1 heterocycles. The van der Waals surface area contributed by atoms with Crippen LogP contribution in [0.15, 0.2) is 36.0 Å². The molecule has 0 amide bonds. The second kappa shape index (κ2) is 5.32. The zero-order chi connectivity index (χ0) is 12.3. The summed E-state index contributed by atoms with van der Waals surface area (Å²) < 4.78 is 0. The highest BCUT2D eigenvalue weighted by molar-refractivity contribution is 7.09. The molecule has 90 valence electrons. The first kappa shape index (κ1) is 12.1. The van der Waals surface area contributed by atoms with E-state index in [4.69, 9.17) is 0 Å². The number of hydrogen-bond donors (Lipinski definition) is 0. The van der Waals surface area contributed by atoms with Gasteiger partial charge in [0.05, 0.1) is 12.1 Å². The summed E-state index contributed by atoms with van der Waals surface area (Å²) in [7, 11) is 2.12. The third kappa shape index (κ3) is 3.07. The Balaban J connectivity index is 2.06. The average molecular weight is 246 g/mol. The summed E-state index contributed by atoms with van der Waals surface area (Å²) in [5.74, 6) is 0.593. The molecular weight excluding hydrogens is 228 g/mol. The fourth-order valence-electron chi connectivity index (χ4n) is 1.76. The molecule has 2 rings (SSSR count). The molecule has 0 aliphatic carbocycles. The van der Waals surface area contributed by atoms with Gasteiger partial charge in [-0.15, -0.1) is 11.3 Å². The first-order chi connectivity index (χ1) is 8.16. The summed E-state index contributed by atoms with van der Waals surface area (Å²) in [6.07, 6.45) is 1.93. The van der Waals surface area contributed by atoms with Gasteiger partial charge in [0.15, 0.2) is 0 Å². The van der Waals surface area contributed by atoms with E-state index in [1.807, 2.05) is 11.7 Å². The van der Waals surface area contributed by atoms with E-state index in [2.05, 4.69) is 55.0 Å². The molecule has 0 spiro atoms. The van der Waals surface area contributed by atoms with Crippen LogP contribution in [0.25, 0.3) is 0 Å². The van der Waals surface area contributed by atoms with Crippen LogP contribution in [-0.4, -0.2) is 12.0 Å². The maximum atomic E-state index is 4.10. The first-order valence-electron chi connectivity index (χ1n) is 5.85. The van der Waals surface area contributed by atoms with Gasteiger partial charge in [0.1, 0.15) is 0 Å². The number of aromatic nitrogens is 1. The van der Waals surface area contributed by atoms with Crippen LogP contribution in [-0.2, 0) is 6.54 Å². The van der Waals surface area contributed by atoms with Crippen molar-refractivity contribution >= 4 is 17.0 Å². The Labute approximate surface area is 107 Å². The molecule has 17 heavy (non-hydrogen) atoms. The van der Waals surface area contributed by atoms with Crippen LogP contribution in [0.4, 0.5) is 5.69 Å². The van der Waals surface area contributed by atoms with Gasteiger partial charge in [0.25, 0.3) is 0 Å². The van der Waals surface area contributed by atoms with Gasteiger partial charge in [-0.2, -0.15) is 0 Å². The van der Waals surface area contributed by atoms with Crippen molar-refractivity contribution in [2.24, 2.45) is 0 Å². The van der Waals surface area contributed by atoms with Crippen molar-refractivity contribution in [3.63, 3.8) is 0 Å². The Hall–Kier alpha value is -1.35. The van der Waals surface area contributed by atoms with Crippen LogP contribution in [0.1, 0.15) is 30.2 Å². The van der Waals surface area contributed by atoms with Gasteiger partial charge in [-0.05, 0) is 23.6 Å². The molecule has 0 aliphatic rings. The summed E-state index contributed by atoms with van der Waals surface area (Å²) in [5, 5.41) is 0. The molecule has 0 radical (unpaired) electrons. The zero-order valence-corrected chi connectivity index (χ0v) is 11.4. The summed E-state index contributed by atoms with van der Waals surface area (Å²) in [6.45, 7) is 5.36. The third-order valence-electron chi connectivity index (χ3n) is 2.88. The summed E-state index contributed by atoms with van der Waals surface area (Å²) in [4.78, 5) is 7.64. The smallest absolute Gasteiger partial charge is 0.0794 e. The minimum Gasteiger partial charge on any atom is -0.369 e. The molecular formula is C14H18N2S. The molecule has 3 heteroatoms. The van der Waals surface area contributed by atoms with E-state index in [-0.39, 0.29) is 0 Å². The van der Waals surface area contributed by atoms with Crippen LogP contribution in [0, 0.1) is 0 Å². The lowest BCUT2D eigenvalue weighted by Gasteiger charge is -2.19. The molecule has 0 saturated carbocycles. The van der Waals surface area contributed by atoms with Gasteiger partial charge in [0.2, 0.25) is 0 Å². The highest BCUT2D eigenvalue weighted by Crippen LogP contribution is 2.21. The van der Waals surface area contributed by atoms with Crippen molar-refractivity contribution in [3.8, 4) is 0 Å². The average Bonchev–Trinajstić information content (AvgIpc) is 2.82. The van der Waals surface area contributed by atoms with E-state index in [1.54, 1.807) is 11.3 Å². The Morgan fingerprint density at radius 3 is 2.47 bits per heavy atom. The highest BCUT2D eigenvalue weighted by atomic mass is 32.1. The molecule has 2 nitrogen and oxygen atoms in total. The van der Waals surface area contributed by atoms with Crippen LogP contribution >= 0.6 is 11.3 Å². The van der Waals surface area contributed by atoms with Gasteiger partial charge in [-0.25, -0.2) is 0 Å². The number of anilines is 1. The monoisotopic (exact) mass is 246 g/mol. The van der Waals surface area contributed by atoms with Crippen LogP contribution < -0.4 is 4.90 Å². The Bertz CT molecular complexity index is 446. The van der Waals surface area contributed by atoms with Crippen molar-refractivity contribution in [3.05, 3.63) is 46.4 Å². The van der Waals surface area contributed by atoms with Crippen LogP contribution in [0.2, 0.25) is 0 Å². The molecule has 1 aromatic heterocycles. The Morgan fingerprint density at radius 1 is 1.24 bits per heavy atom. The lowest BCUT2D eigenvalue weighted by Crippen LogP contribution is -2.15. The second-order valence-electron chi connectivity index (χ2n) is 4.57. The Kier molecular flexibility index (Phi) is 3.79. The third-order valence-corrected chi connectivity index (χ3v) is 3.64. The molecule has 1 aromatic carbocycles. The van der Waals surface area contributed by atoms with Gasteiger partial charge < -0.3 is 4.90 Å². The summed E-state index contributed by atoms with van der Waals surface area (Å²) in [5.41, 5.74) is 4.52. The SMILES string of the molecule is CC(C)c1ccc(N(C)Cc2cncs2)cc1. The van der Waals surface area contributed by atoms with Crippen molar-refractivity contribution in [1.29, 1.82) is 0 Å². The van der Waals surface area contributed by atoms with E-state index in [1.165, 1.54) is 16.1 Å². The van der Waals surface area contributed by atoms with Gasteiger partial charge in [-0.3, -0.25) is 4.98 Å². The predicted molar refractivity (Wildman–Crippen MR) is 74.8 cm³/mol. The molecule has 0 unspecified atom stereocenters. The molecule has 0 fully saturated rings. The standard InChI is InChI=1S/C14H18N2S/c1-11(2)12-4-6-13(7-5-12)16(3)9-14-8-15-10-17-14/h4-8,10-11H,9H2,1-3H3. The van der Waals surface area contributed by atoms with Crippen molar-refractivity contribution in [2.45, 2.75) is 26.3 Å². The summed E-state index contributed by atoms with van der Waals surface area (Å²) in [6, 6.07) is 8.80. The quantitative estimate of drug-likeness (QED) is 0.813. The number of nitrogens with zero attached hydrogens (tertiary/aromatic N) is 2. The van der Waals surface area contributed by atoms with E-state index < -0.39 is 0 Å². The highest BCUT2D eigenvalue weighted by Gasteiger charge is 2.04. The fraction of sp³-hybridized carbons (Fsp3) is 0.357. The molecule has 0 atom stereocenters. The first-order valence-corrected chi connectivity index (χ1v) is 6.73. The molecule has 0 saturated heterocycles. The van der Waals surface area contributed by atoms with Crippen molar-refractivity contribution in [2.75, 3.05) is 11.9 Å². The number of rotatable bonds is 4. The summed E-state index contributed by atoms with van der Waals surface area (Å²) >= 11 is 1.70.